The lowest BCUT2D eigenvalue weighted by Crippen LogP contribution is -2.41. The van der Waals surface area contributed by atoms with E-state index in [1.807, 2.05) is 80.6 Å². The third-order valence-corrected chi connectivity index (χ3v) is 32.0. The number of rotatable bonds is 19. The van der Waals surface area contributed by atoms with Crippen LogP contribution in [0.1, 0.15) is 330 Å². The highest BCUT2D eigenvalue weighted by molar-refractivity contribution is 7.88. The van der Waals surface area contributed by atoms with Crippen LogP contribution in [0.5, 0.6) is 11.5 Å². The number of aromatic nitrogens is 7. The van der Waals surface area contributed by atoms with Crippen molar-refractivity contribution in [1.29, 1.82) is 0 Å². The number of piperidine rings is 4. The molecule has 2 amide bonds. The van der Waals surface area contributed by atoms with Crippen molar-refractivity contribution in [2.75, 3.05) is 137 Å². The predicted octanol–water partition coefficient (Wildman–Crippen LogP) is 23.5. The molecule has 15 rings (SSSR count). The molecule has 1 aliphatic carbocycles. The first-order chi connectivity index (χ1) is 68.8. The Labute approximate surface area is 894 Å². The van der Waals surface area contributed by atoms with Crippen molar-refractivity contribution in [2.45, 2.75) is 339 Å². The summed E-state index contributed by atoms with van der Waals surface area (Å²) in [7, 11) is 2.09. The summed E-state index contributed by atoms with van der Waals surface area (Å²) in [6.45, 7) is 68.3. The van der Waals surface area contributed by atoms with Crippen LogP contribution in [0.15, 0.2) is 152 Å². The topological polar surface area (TPSA) is 243 Å². The fraction of sp³-hybridized carbons (Fsp3) is 0.631. The zero-order valence-electron chi connectivity index (χ0n) is 96.9. The number of aryl methyl sites for hydroxylation is 1. The van der Waals surface area contributed by atoms with Gasteiger partial charge in [-0.15, -0.1) is 0 Å². The van der Waals surface area contributed by atoms with Crippen LogP contribution in [0.25, 0.3) is 6.08 Å². The van der Waals surface area contributed by atoms with E-state index in [1.54, 1.807) is 41.6 Å². The van der Waals surface area contributed by atoms with Gasteiger partial charge in [0.25, 0.3) is 0 Å². The lowest BCUT2D eigenvalue weighted by atomic mass is 9.85. The molecule has 0 unspecified atom stereocenters. The van der Waals surface area contributed by atoms with Crippen molar-refractivity contribution in [3.63, 3.8) is 0 Å². The molecule has 0 N–H and O–H groups in total. The number of fused-ring (bicyclic) bond motifs is 1. The summed E-state index contributed by atoms with van der Waals surface area (Å²) in [6.07, 6.45) is 39.9. The van der Waals surface area contributed by atoms with Crippen LogP contribution in [-0.4, -0.2) is 236 Å². The lowest BCUT2D eigenvalue weighted by molar-refractivity contribution is -0.128. The molecule has 23 nitrogen and oxygen atoms in total. The van der Waals surface area contributed by atoms with Crippen molar-refractivity contribution in [1.82, 2.24) is 63.1 Å². The first kappa shape index (κ1) is 124. The Bertz CT molecular complexity index is 5600. The molecule has 6 aromatic heterocycles. The number of sulfonamides is 2. The highest BCUT2D eigenvalue weighted by Gasteiger charge is 2.33. The van der Waals surface area contributed by atoms with Crippen LogP contribution in [0.3, 0.4) is 0 Å². The van der Waals surface area contributed by atoms with Gasteiger partial charge in [-0.2, -0.15) is 0 Å². The van der Waals surface area contributed by atoms with Gasteiger partial charge in [-0.05, 0) is 297 Å². The number of amides is 2. The molecule has 820 valence electrons. The average molecular weight is 2080 g/mol. The third kappa shape index (κ3) is 43.3. The Kier molecular flexibility index (Phi) is 46.6. The van der Waals surface area contributed by atoms with Gasteiger partial charge in [0.2, 0.25) is 31.9 Å². The number of halogens is 1. The quantitative estimate of drug-likeness (QED) is 0.0730. The molecule has 0 spiro atoms. The number of nitrogens with zero attached hydrogens (tertiary/aromatic N) is 14. The Morgan fingerprint density at radius 2 is 0.892 bits per heavy atom. The van der Waals surface area contributed by atoms with Crippen LogP contribution in [0.4, 0.5) is 10.2 Å². The van der Waals surface area contributed by atoms with Crippen LogP contribution < -0.4 is 14.4 Å². The fourth-order valence-electron chi connectivity index (χ4n) is 18.6. The van der Waals surface area contributed by atoms with E-state index in [2.05, 4.69) is 297 Å². The number of carbonyl (C=O) groups excluding carboxylic acids is 2. The van der Waals surface area contributed by atoms with E-state index in [9.17, 15) is 30.8 Å². The zero-order chi connectivity index (χ0) is 110. The fourth-order valence-corrected chi connectivity index (χ4v) is 20.3. The second kappa shape index (κ2) is 55.5. The molecule has 6 fully saturated rings. The summed E-state index contributed by atoms with van der Waals surface area (Å²) in [6, 6.07) is 31.4. The zero-order valence-corrected chi connectivity index (χ0v) is 98.6. The normalized spacial score (nSPS) is 17.6. The van der Waals surface area contributed by atoms with E-state index >= 15 is 0 Å². The molecule has 8 aromatic rings. The lowest BCUT2D eigenvalue weighted by Gasteiger charge is -2.30. The molecule has 2 aromatic carbocycles. The second-order valence-electron chi connectivity index (χ2n) is 50.7. The number of hydrogen-bond donors (Lipinski definition) is 0. The Balaban J connectivity index is 0.000000207. The minimum Gasteiger partial charge on any atom is -0.489 e. The van der Waals surface area contributed by atoms with Crippen molar-refractivity contribution >= 4 is 43.8 Å². The second-order valence-corrected chi connectivity index (χ2v) is 54.7. The average Bonchev–Trinajstić information content (AvgIpc) is 1.62. The standard InChI is InChI=1S/C17H28N2.C17H25NO.C15H25N3O2S.C15H25N3O.C15H24N2O3S.C15H24N2O.C15H23NO.C13H15F/c1-17(2,3)15-7-10-18-16(13-15)6-5-14-8-11-19(4)12-9-14;1-13(19)18-9-8-15(12-18)10-14-6-5-7-16(11-14)17(2,3)4;1-15(2,3)14-10-13(16-11-17-14)9-12-5-7-18(8-6-12)21(4,19)20;1-12(19)17(5)9-10-18(6)14-11-13(7-8-16-14)15(2,3)4;1-15(2,3)12-9-14(11-16-10-12)20-13-5-7-17(8-6-13)21(4,18)19;1-15(2,3)12-9-14(11-16-10-12)18-13-5-7-17(4)8-6-13;1-15(2,3)14-9-13(10-16-11-14)8-12-4-6-17-7-5-12;1-13(2,3)10-7-9-5-4-6-12(14)11(9)8-10/h7,10,13-14H,5-6,8-9,11-12H2,1-4H3;5-7,11,15H,8-10,12H2,1-4H3;10-12H,5-9H2,1-4H3;7-8,11H,9-10H2,1-6H3;9-11,13H,5-8H2,1-4H3;9-11,13H,5-8H2,1-4H3;9-12H,4-8H2,1-3H3;4-6,8H,7H2,1-3H3/t;15-;;;;;;/m.0....../s1. The summed E-state index contributed by atoms with van der Waals surface area (Å²) in [5, 5.41) is 0. The highest BCUT2D eigenvalue weighted by Crippen LogP contribution is 2.39. The van der Waals surface area contributed by atoms with Gasteiger partial charge in [-0.1, -0.05) is 220 Å². The third-order valence-electron chi connectivity index (χ3n) is 29.4. The van der Waals surface area contributed by atoms with E-state index in [0.717, 1.165) is 167 Å². The highest BCUT2D eigenvalue weighted by atomic mass is 32.2. The molecule has 7 aliphatic rings. The number of likely N-dealkylation sites (N-methyl/N-ethyl adjacent to an activating group) is 2. The van der Waals surface area contributed by atoms with Gasteiger partial charge in [0, 0.05) is 172 Å². The molecule has 6 saturated heterocycles. The number of carbonyl (C=O) groups is 2. The molecule has 0 saturated carbocycles. The van der Waals surface area contributed by atoms with Crippen LogP contribution in [0, 0.1) is 34.9 Å². The summed E-state index contributed by atoms with van der Waals surface area (Å²) < 4.78 is 79.9. The van der Waals surface area contributed by atoms with E-state index in [-0.39, 0.29) is 67.1 Å². The monoisotopic (exact) mass is 2080 g/mol. The van der Waals surface area contributed by atoms with Gasteiger partial charge < -0.3 is 38.7 Å². The van der Waals surface area contributed by atoms with Crippen molar-refractivity contribution < 1.29 is 45.0 Å². The van der Waals surface area contributed by atoms with Crippen LogP contribution in [-0.2, 0) is 104 Å². The molecule has 12 heterocycles. The molecule has 0 radical (unpaired) electrons. The van der Waals surface area contributed by atoms with E-state index < -0.39 is 20.0 Å². The number of hydrogen-bond acceptors (Lipinski definition) is 19. The van der Waals surface area contributed by atoms with Gasteiger partial charge in [-0.25, -0.2) is 44.8 Å². The minimum absolute atomic E-state index is 0.0251. The molecule has 1 atom stereocenters. The molecular weight excluding hydrogens is 1890 g/mol. The van der Waals surface area contributed by atoms with Crippen molar-refractivity contribution in [3.05, 3.63) is 231 Å². The maximum absolute atomic E-state index is 13.4. The maximum Gasteiger partial charge on any atom is 0.219 e. The Morgan fingerprint density at radius 1 is 0.439 bits per heavy atom. The molecule has 148 heavy (non-hydrogen) atoms. The molecule has 26 heteroatoms. The summed E-state index contributed by atoms with van der Waals surface area (Å²) in [5.74, 6) is 5.64. The number of benzene rings is 2. The molecular formula is C122H189FN14O9S2. The van der Waals surface area contributed by atoms with E-state index in [4.69, 9.17) is 14.2 Å². The summed E-state index contributed by atoms with van der Waals surface area (Å²) >= 11 is 0. The number of allylic oxidation sites excluding steroid dienone is 1. The Morgan fingerprint density at radius 3 is 1.39 bits per heavy atom. The minimum atomic E-state index is -3.08. The smallest absolute Gasteiger partial charge is 0.219 e. The number of anilines is 1. The van der Waals surface area contributed by atoms with Crippen molar-refractivity contribution in [2.24, 2.45) is 29.1 Å². The van der Waals surface area contributed by atoms with Gasteiger partial charge in [0.15, 0.2) is 0 Å². The van der Waals surface area contributed by atoms with Gasteiger partial charge >= 0.3 is 0 Å². The van der Waals surface area contributed by atoms with Gasteiger partial charge in [0.05, 0.1) is 24.9 Å². The van der Waals surface area contributed by atoms with E-state index in [1.165, 1.54) is 118 Å². The SMILES string of the molecule is CC(=O)N(C)CCN(C)c1cc(C(C)(C)C)ccn1.CC(=O)N1CC[C@@H](Cc2cccc(C(C)(C)C)c2)C1.CC(C)(C)C1=Cc2c(F)cccc2C1.CC(C)(C)c1cc(CC2CCN(S(C)(=O)=O)CC2)ncn1.CC(C)(C)c1cncc(CC2CCOCC2)c1.CC(C)(C)c1cncc(OC2CCN(S(C)(=O)=O)CC2)c1.CN1CCC(CCc2cc(C(C)(C)C)ccn2)CC1.CN1CCC(Oc2cncc(C(C)(C)C)c2)CC1. The summed E-state index contributed by atoms with van der Waals surface area (Å²) in [4.78, 5) is 63.7. The van der Waals surface area contributed by atoms with Crippen molar-refractivity contribution in [3.8, 4) is 11.5 Å². The number of likely N-dealkylation sites (tertiary alicyclic amines) is 3. The number of pyridine rings is 5. The van der Waals surface area contributed by atoms with Crippen LogP contribution >= 0.6 is 0 Å². The maximum atomic E-state index is 13.4. The van der Waals surface area contributed by atoms with Crippen LogP contribution in [0.2, 0.25) is 0 Å². The predicted molar refractivity (Wildman–Crippen MR) is 609 cm³/mol. The summed E-state index contributed by atoms with van der Waals surface area (Å²) in [5.41, 5.74) is 18.2. The largest absolute Gasteiger partial charge is 0.489 e. The van der Waals surface area contributed by atoms with Gasteiger partial charge in [0.1, 0.15) is 41.7 Å². The Hall–Kier alpha value is -9.02. The first-order valence-corrected chi connectivity index (χ1v) is 58.1. The first-order valence-electron chi connectivity index (χ1n) is 54.4. The van der Waals surface area contributed by atoms with Gasteiger partial charge in [-0.3, -0.25) is 29.5 Å². The molecule has 6 aliphatic heterocycles. The van der Waals surface area contributed by atoms with E-state index in [0.29, 0.717) is 63.5 Å². The number of ether oxygens (including phenoxy) is 3. The molecule has 0 bridgehead atoms.